The molecule has 0 N–H and O–H groups in total. The van der Waals surface area contributed by atoms with Gasteiger partial charge in [-0.25, -0.2) is 4.98 Å². The number of ketones is 1. The summed E-state index contributed by atoms with van der Waals surface area (Å²) < 4.78 is 0.812. The second-order valence-corrected chi connectivity index (χ2v) is 7.87. The number of carbonyl (C=O) groups is 1. The van der Waals surface area contributed by atoms with Crippen LogP contribution < -0.4 is 0 Å². The molecular weight excluding hydrogens is 334 g/mol. The predicted octanol–water partition coefficient (Wildman–Crippen LogP) is 4.94. The van der Waals surface area contributed by atoms with Crippen molar-refractivity contribution in [3.63, 3.8) is 0 Å². The minimum absolute atomic E-state index is 0.229. The summed E-state index contributed by atoms with van der Waals surface area (Å²) in [5.74, 6) is 1.04. The van der Waals surface area contributed by atoms with Crippen molar-refractivity contribution in [1.82, 2.24) is 4.98 Å². The molecule has 0 fully saturated rings. The molecule has 1 heterocycles. The average molecular weight is 350 g/mol. The van der Waals surface area contributed by atoms with Crippen molar-refractivity contribution < 1.29 is 4.79 Å². The molecule has 2 nitrogen and oxygen atoms in total. The lowest BCUT2D eigenvalue weighted by Gasteiger charge is -2.21. The van der Waals surface area contributed by atoms with E-state index in [1.54, 1.807) is 0 Å². The van der Waals surface area contributed by atoms with Gasteiger partial charge in [-0.1, -0.05) is 38.1 Å². The lowest BCUT2D eigenvalue weighted by atomic mass is 9.84. The summed E-state index contributed by atoms with van der Waals surface area (Å²) in [6, 6.07) is 8.69. The number of carbonyl (C=O) groups excluding carboxylic acids is 1. The molecule has 1 aliphatic rings. The van der Waals surface area contributed by atoms with Crippen LogP contribution in [0, 0.1) is 0 Å². The topological polar surface area (TPSA) is 30.0 Å². The maximum absolute atomic E-state index is 12.2. The Hall–Kier alpha value is -1.00. The minimum Gasteiger partial charge on any atom is -0.293 e. The van der Waals surface area contributed by atoms with E-state index in [1.807, 2.05) is 0 Å². The summed E-state index contributed by atoms with van der Waals surface area (Å²) in [4.78, 5) is 17.5. The normalized spacial score (nSPS) is 18.4. The Labute approximate surface area is 131 Å². The fourth-order valence-corrected chi connectivity index (χ4v) is 4.16. The summed E-state index contributed by atoms with van der Waals surface area (Å²) in [5, 5.41) is 0. The van der Waals surface area contributed by atoms with Gasteiger partial charge < -0.3 is 0 Å². The number of nitrogens with zero attached hydrogens (tertiary/aromatic N) is 1. The predicted molar refractivity (Wildman–Crippen MR) is 85.7 cm³/mol. The number of benzene rings is 1. The van der Waals surface area contributed by atoms with Gasteiger partial charge in [-0.3, -0.25) is 4.79 Å². The maximum Gasteiger partial charge on any atom is 0.175 e. The summed E-state index contributed by atoms with van der Waals surface area (Å²) in [7, 11) is 0. The molecule has 0 radical (unpaired) electrons. The molecular formula is C16H16BrNOS. The lowest BCUT2D eigenvalue weighted by molar-refractivity contribution is 0.0968. The number of hydrogen-bond donors (Lipinski definition) is 0. The summed E-state index contributed by atoms with van der Waals surface area (Å²) in [6.07, 6.45) is 1.47. The molecule has 4 heteroatoms. The van der Waals surface area contributed by atoms with Gasteiger partial charge in [0.15, 0.2) is 9.70 Å². The van der Waals surface area contributed by atoms with E-state index in [0.717, 1.165) is 20.9 Å². The number of thiazole rings is 1. The highest BCUT2D eigenvalue weighted by molar-refractivity contribution is 9.11. The molecule has 0 spiro atoms. The fraction of sp³-hybridized carbons (Fsp3) is 0.375. The second kappa shape index (κ2) is 5.41. The maximum atomic E-state index is 12.2. The summed E-state index contributed by atoms with van der Waals surface area (Å²) in [5.41, 5.74) is 3.54. The first-order valence-corrected chi connectivity index (χ1v) is 8.44. The monoisotopic (exact) mass is 349 g/mol. The van der Waals surface area contributed by atoms with Crippen LogP contribution in [-0.4, -0.2) is 10.8 Å². The number of halogens is 1. The van der Waals surface area contributed by atoms with Crippen LogP contribution >= 0.6 is 27.3 Å². The van der Waals surface area contributed by atoms with Crippen LogP contribution in [0.4, 0.5) is 0 Å². The van der Waals surface area contributed by atoms with E-state index in [9.17, 15) is 4.79 Å². The molecule has 0 saturated carbocycles. The smallest absolute Gasteiger partial charge is 0.175 e. The van der Waals surface area contributed by atoms with Crippen molar-refractivity contribution in [3.05, 3.63) is 49.9 Å². The summed E-state index contributed by atoms with van der Waals surface area (Å²) in [6.45, 7) is 4.39. The van der Waals surface area contributed by atoms with Crippen LogP contribution in [0.5, 0.6) is 0 Å². The molecule has 1 aliphatic carbocycles. The number of fused-ring (bicyclic) bond motifs is 1. The van der Waals surface area contributed by atoms with Gasteiger partial charge in [0.25, 0.3) is 0 Å². The third-order valence-electron chi connectivity index (χ3n) is 3.87. The molecule has 20 heavy (non-hydrogen) atoms. The standard InChI is InChI=1S/C16H16BrNOS/c1-9(2)10-3-5-11(6-4-10)12-7-13-15(14(19)8-12)20-16(17)18-13/h3-6,9,12H,7-8H2,1-2H3/t12-/m1/s1. The van der Waals surface area contributed by atoms with Gasteiger partial charge in [-0.2, -0.15) is 0 Å². The first-order chi connectivity index (χ1) is 9.54. The first-order valence-electron chi connectivity index (χ1n) is 6.83. The van der Waals surface area contributed by atoms with Crippen molar-refractivity contribution in [2.45, 2.75) is 38.5 Å². The fourth-order valence-electron chi connectivity index (χ4n) is 2.69. The molecule has 0 saturated heterocycles. The third kappa shape index (κ3) is 2.59. The third-order valence-corrected chi connectivity index (χ3v) is 5.46. The van der Waals surface area contributed by atoms with Gasteiger partial charge in [0.1, 0.15) is 0 Å². The van der Waals surface area contributed by atoms with Gasteiger partial charge in [0.2, 0.25) is 0 Å². The molecule has 1 aromatic carbocycles. The van der Waals surface area contributed by atoms with E-state index >= 15 is 0 Å². The number of rotatable bonds is 2. The van der Waals surface area contributed by atoms with Crippen molar-refractivity contribution in [1.29, 1.82) is 0 Å². The van der Waals surface area contributed by atoms with Crippen molar-refractivity contribution >= 4 is 33.0 Å². The van der Waals surface area contributed by atoms with Crippen LogP contribution in [0.15, 0.2) is 28.2 Å². The van der Waals surface area contributed by atoms with Crippen LogP contribution in [-0.2, 0) is 6.42 Å². The number of aromatic nitrogens is 1. The van der Waals surface area contributed by atoms with E-state index in [4.69, 9.17) is 0 Å². The van der Waals surface area contributed by atoms with Crippen molar-refractivity contribution in [3.8, 4) is 0 Å². The van der Waals surface area contributed by atoms with E-state index < -0.39 is 0 Å². The molecule has 0 bridgehead atoms. The Morgan fingerprint density at radius 1 is 1.25 bits per heavy atom. The Kier molecular flexibility index (Phi) is 3.78. The molecule has 0 aliphatic heterocycles. The molecule has 0 amide bonds. The van der Waals surface area contributed by atoms with Crippen LogP contribution in [0.3, 0.4) is 0 Å². The molecule has 2 aromatic rings. The van der Waals surface area contributed by atoms with Gasteiger partial charge in [0.05, 0.1) is 10.6 Å². The van der Waals surface area contributed by atoms with Crippen molar-refractivity contribution in [2.24, 2.45) is 0 Å². The van der Waals surface area contributed by atoms with Gasteiger partial charge >= 0.3 is 0 Å². The minimum atomic E-state index is 0.229. The zero-order chi connectivity index (χ0) is 14.3. The zero-order valence-electron chi connectivity index (χ0n) is 11.5. The van der Waals surface area contributed by atoms with E-state index in [-0.39, 0.29) is 11.7 Å². The van der Waals surface area contributed by atoms with E-state index in [0.29, 0.717) is 12.3 Å². The zero-order valence-corrected chi connectivity index (χ0v) is 13.9. The Balaban J connectivity index is 1.87. The highest BCUT2D eigenvalue weighted by Crippen LogP contribution is 2.36. The van der Waals surface area contributed by atoms with E-state index in [2.05, 4.69) is 59.0 Å². The Bertz CT molecular complexity index is 645. The second-order valence-electron chi connectivity index (χ2n) is 5.59. The van der Waals surface area contributed by atoms with Gasteiger partial charge in [-0.05, 0) is 45.3 Å². The van der Waals surface area contributed by atoms with Gasteiger partial charge in [-0.15, -0.1) is 11.3 Å². The molecule has 1 aromatic heterocycles. The molecule has 0 unspecified atom stereocenters. The highest BCUT2D eigenvalue weighted by atomic mass is 79.9. The lowest BCUT2D eigenvalue weighted by Crippen LogP contribution is -2.17. The molecule has 3 rings (SSSR count). The Morgan fingerprint density at radius 3 is 2.60 bits per heavy atom. The Morgan fingerprint density at radius 2 is 1.95 bits per heavy atom. The SMILES string of the molecule is CC(C)c1ccc([C@H]2CC(=O)c3sc(Br)nc3C2)cc1. The highest BCUT2D eigenvalue weighted by Gasteiger charge is 2.29. The van der Waals surface area contributed by atoms with Crippen LogP contribution in [0.2, 0.25) is 0 Å². The quantitative estimate of drug-likeness (QED) is 0.768. The molecule has 104 valence electrons. The van der Waals surface area contributed by atoms with Crippen LogP contribution in [0.1, 0.15) is 58.6 Å². The average Bonchev–Trinajstić information content (AvgIpc) is 2.80. The molecule has 1 atom stereocenters. The summed E-state index contributed by atoms with van der Waals surface area (Å²) >= 11 is 4.83. The van der Waals surface area contributed by atoms with Crippen molar-refractivity contribution in [2.75, 3.05) is 0 Å². The number of hydrogen-bond acceptors (Lipinski definition) is 3. The number of Topliss-reactive ketones (excluding diaryl/α,β-unsaturated/α-hetero) is 1. The first kappa shape index (κ1) is 14.0. The van der Waals surface area contributed by atoms with Crippen LogP contribution in [0.25, 0.3) is 0 Å². The van der Waals surface area contributed by atoms with E-state index in [1.165, 1.54) is 22.5 Å². The van der Waals surface area contributed by atoms with Gasteiger partial charge in [0, 0.05) is 6.42 Å². The largest absolute Gasteiger partial charge is 0.293 e.